The van der Waals surface area contributed by atoms with Crippen molar-refractivity contribution in [3.05, 3.63) is 84.8 Å². The quantitative estimate of drug-likeness (QED) is 0.266. The van der Waals surface area contributed by atoms with Crippen LogP contribution in [0.15, 0.2) is 84.1 Å². The van der Waals surface area contributed by atoms with Crippen LogP contribution in [0.25, 0.3) is 10.9 Å². The van der Waals surface area contributed by atoms with E-state index >= 15 is 0 Å². The summed E-state index contributed by atoms with van der Waals surface area (Å²) in [6.07, 6.45) is 4.93. The number of anilines is 2. The summed E-state index contributed by atoms with van der Waals surface area (Å²) >= 11 is 0. The number of hydrogen-bond acceptors (Lipinski definition) is 5. The predicted molar refractivity (Wildman–Crippen MR) is 163 cm³/mol. The van der Waals surface area contributed by atoms with Crippen molar-refractivity contribution in [1.29, 1.82) is 0 Å². The van der Waals surface area contributed by atoms with Gasteiger partial charge in [0.25, 0.3) is 10.0 Å². The van der Waals surface area contributed by atoms with Gasteiger partial charge >= 0.3 is 6.18 Å². The minimum Gasteiger partial charge on any atom is -0.371 e. The fourth-order valence-electron chi connectivity index (χ4n) is 6.56. The monoisotopic (exact) mass is 625 g/mol. The number of aryl methyl sites for hydroxylation is 1. The van der Waals surface area contributed by atoms with Gasteiger partial charge in [-0.05, 0) is 67.5 Å². The van der Waals surface area contributed by atoms with E-state index in [-0.39, 0.29) is 23.4 Å². The molecule has 6 rings (SSSR count). The maximum atomic E-state index is 13.6. The Morgan fingerprint density at radius 1 is 0.886 bits per heavy atom. The number of carbonyl (C=O) groups excluding carboxylic acids is 1. The van der Waals surface area contributed by atoms with Crippen molar-refractivity contribution < 1.29 is 26.4 Å². The summed E-state index contributed by atoms with van der Waals surface area (Å²) < 4.78 is 71.1. The Labute approximate surface area is 254 Å². The molecule has 8 nitrogen and oxygen atoms in total. The van der Waals surface area contributed by atoms with Crippen molar-refractivity contribution in [2.45, 2.75) is 49.7 Å². The Kier molecular flexibility index (Phi) is 8.04. The third-order valence-electron chi connectivity index (χ3n) is 9.11. The smallest absolute Gasteiger partial charge is 0.371 e. The molecule has 2 aromatic heterocycles. The summed E-state index contributed by atoms with van der Waals surface area (Å²) in [6.45, 7) is 3.72. The Morgan fingerprint density at radius 2 is 1.57 bits per heavy atom. The Balaban J connectivity index is 1.09. The number of fused-ring (bicyclic) bond motifs is 1. The molecule has 0 aliphatic carbocycles. The highest BCUT2D eigenvalue weighted by Gasteiger charge is 2.39. The van der Waals surface area contributed by atoms with Gasteiger partial charge in [0.1, 0.15) is 0 Å². The van der Waals surface area contributed by atoms with E-state index in [2.05, 4.69) is 14.6 Å². The molecule has 2 saturated heterocycles. The van der Waals surface area contributed by atoms with E-state index in [1.54, 1.807) is 29.0 Å². The lowest BCUT2D eigenvalue weighted by Gasteiger charge is -2.47. The average Bonchev–Trinajstić information content (AvgIpc) is 3.45. The molecule has 2 aliphatic heterocycles. The average molecular weight is 626 g/mol. The molecule has 1 spiro atoms. The highest BCUT2D eigenvalue weighted by atomic mass is 32.2. The third-order valence-corrected chi connectivity index (χ3v) is 10.5. The number of amides is 1. The van der Waals surface area contributed by atoms with Crippen LogP contribution < -0.4 is 9.62 Å². The molecular weight excluding hydrogens is 591 g/mol. The molecule has 0 radical (unpaired) electrons. The van der Waals surface area contributed by atoms with Gasteiger partial charge in [0, 0.05) is 68.8 Å². The number of aromatic nitrogens is 2. The van der Waals surface area contributed by atoms with Crippen LogP contribution in [0.3, 0.4) is 0 Å². The summed E-state index contributed by atoms with van der Waals surface area (Å²) in [7, 11) is -4.56. The van der Waals surface area contributed by atoms with Crippen LogP contribution in [-0.2, 0) is 27.5 Å². The van der Waals surface area contributed by atoms with Crippen molar-refractivity contribution in [3.63, 3.8) is 0 Å². The number of sulfonamides is 1. The lowest BCUT2D eigenvalue weighted by atomic mass is 9.71. The Morgan fingerprint density at radius 3 is 2.27 bits per heavy atom. The van der Waals surface area contributed by atoms with Crippen LogP contribution >= 0.6 is 0 Å². The lowest BCUT2D eigenvalue weighted by Crippen LogP contribution is -2.48. The van der Waals surface area contributed by atoms with E-state index in [1.165, 1.54) is 17.8 Å². The van der Waals surface area contributed by atoms with E-state index < -0.39 is 26.7 Å². The van der Waals surface area contributed by atoms with Crippen LogP contribution in [-0.4, -0.2) is 55.0 Å². The maximum Gasteiger partial charge on any atom is 0.417 e. The number of piperidine rings is 2. The maximum absolute atomic E-state index is 13.6. The fraction of sp³-hybridized carbons (Fsp3) is 0.375. The summed E-state index contributed by atoms with van der Waals surface area (Å²) in [5.41, 5.74) is 0.875. The van der Waals surface area contributed by atoms with Gasteiger partial charge in [-0.25, -0.2) is 8.42 Å². The van der Waals surface area contributed by atoms with Gasteiger partial charge in [0.2, 0.25) is 5.91 Å². The third kappa shape index (κ3) is 6.12. The highest BCUT2D eigenvalue weighted by molar-refractivity contribution is 7.92. The number of alkyl halides is 3. The highest BCUT2D eigenvalue weighted by Crippen LogP contribution is 2.42. The van der Waals surface area contributed by atoms with Crippen LogP contribution in [0, 0.1) is 5.41 Å². The number of pyridine rings is 1. The van der Waals surface area contributed by atoms with Crippen molar-refractivity contribution in [2.24, 2.45) is 5.41 Å². The van der Waals surface area contributed by atoms with Crippen LogP contribution in [0.1, 0.15) is 37.7 Å². The van der Waals surface area contributed by atoms with Crippen molar-refractivity contribution in [2.75, 3.05) is 35.8 Å². The van der Waals surface area contributed by atoms with Gasteiger partial charge in [-0.1, -0.05) is 24.3 Å². The van der Waals surface area contributed by atoms with E-state index in [0.717, 1.165) is 57.0 Å². The fourth-order valence-corrected chi connectivity index (χ4v) is 7.86. The summed E-state index contributed by atoms with van der Waals surface area (Å²) in [5, 5.41) is 0.708. The molecule has 4 heterocycles. The standard InChI is InChI=1S/C32H34F3N5O3S/c33-32(34,35)26-5-1-2-7-28(26)44(42,43)37-27-6-3-4-24-10-18-40(30(24)27)19-11-29(41)39-22-14-31(15-23-39)12-20-38(21-13-31)25-8-16-36-17-9-25/h1-10,16-18,37H,11-15,19-23H2. The van der Waals surface area contributed by atoms with Crippen molar-refractivity contribution >= 4 is 38.2 Å². The van der Waals surface area contributed by atoms with Crippen LogP contribution in [0.5, 0.6) is 0 Å². The first-order chi connectivity index (χ1) is 21.0. The zero-order valence-electron chi connectivity index (χ0n) is 24.1. The van der Waals surface area contributed by atoms with Gasteiger partial charge in [-0.3, -0.25) is 14.5 Å². The van der Waals surface area contributed by atoms with Gasteiger partial charge < -0.3 is 14.4 Å². The SMILES string of the molecule is O=C(CCn1ccc2cccc(NS(=O)(=O)c3ccccc3C(F)(F)F)c21)N1CCC2(CC1)CCN(c1ccncc1)CC2. The van der Waals surface area contributed by atoms with Crippen molar-refractivity contribution in [1.82, 2.24) is 14.5 Å². The number of hydrogen-bond donors (Lipinski definition) is 1. The molecule has 1 amide bonds. The molecule has 0 atom stereocenters. The van der Waals surface area contributed by atoms with Gasteiger partial charge in [0.05, 0.1) is 21.7 Å². The number of carbonyl (C=O) groups is 1. The summed E-state index contributed by atoms with van der Waals surface area (Å²) in [4.78, 5) is 20.8. The minimum atomic E-state index is -4.83. The first-order valence-corrected chi connectivity index (χ1v) is 16.2. The summed E-state index contributed by atoms with van der Waals surface area (Å²) in [5.74, 6) is 0.0353. The second kappa shape index (κ2) is 11.8. The number of rotatable bonds is 7. The molecule has 2 aliphatic rings. The number of halogens is 3. The lowest BCUT2D eigenvalue weighted by molar-refractivity contribution is -0.140. The number of nitrogens with zero attached hydrogens (tertiary/aromatic N) is 4. The van der Waals surface area contributed by atoms with Gasteiger partial charge in [-0.15, -0.1) is 0 Å². The molecule has 2 aromatic carbocycles. The number of benzene rings is 2. The number of likely N-dealkylation sites (tertiary alicyclic amines) is 1. The molecule has 2 fully saturated rings. The molecule has 1 N–H and O–H groups in total. The number of para-hydroxylation sites is 1. The molecule has 4 aromatic rings. The van der Waals surface area contributed by atoms with Gasteiger partial charge in [-0.2, -0.15) is 13.2 Å². The van der Waals surface area contributed by atoms with E-state index in [0.29, 0.717) is 30.5 Å². The normalized spacial score (nSPS) is 17.2. The predicted octanol–water partition coefficient (Wildman–Crippen LogP) is 6.16. The topological polar surface area (TPSA) is 87.5 Å². The minimum absolute atomic E-state index is 0.0353. The molecule has 12 heteroatoms. The number of nitrogens with one attached hydrogen (secondary N) is 1. The Bertz CT molecular complexity index is 1740. The van der Waals surface area contributed by atoms with E-state index in [1.807, 2.05) is 29.4 Å². The van der Waals surface area contributed by atoms with Crippen molar-refractivity contribution in [3.8, 4) is 0 Å². The molecule has 44 heavy (non-hydrogen) atoms. The second-order valence-corrected chi connectivity index (χ2v) is 13.3. The summed E-state index contributed by atoms with van der Waals surface area (Å²) in [6, 6.07) is 14.9. The molecular formula is C32H34F3N5O3S. The van der Waals surface area contributed by atoms with E-state index in [9.17, 15) is 26.4 Å². The van der Waals surface area contributed by atoms with Crippen LogP contribution in [0.2, 0.25) is 0 Å². The molecule has 0 unspecified atom stereocenters. The first-order valence-electron chi connectivity index (χ1n) is 14.7. The Hall–Kier alpha value is -4.06. The molecule has 0 saturated carbocycles. The zero-order chi connectivity index (χ0) is 31.0. The van der Waals surface area contributed by atoms with E-state index in [4.69, 9.17) is 0 Å². The first kappa shape index (κ1) is 30.0. The largest absolute Gasteiger partial charge is 0.417 e. The second-order valence-electron chi connectivity index (χ2n) is 11.7. The van der Waals surface area contributed by atoms with Gasteiger partial charge in [0.15, 0.2) is 0 Å². The zero-order valence-corrected chi connectivity index (χ0v) is 24.9. The molecule has 232 valence electrons. The molecule has 0 bridgehead atoms. The van der Waals surface area contributed by atoms with Crippen LogP contribution in [0.4, 0.5) is 24.5 Å².